The summed E-state index contributed by atoms with van der Waals surface area (Å²) < 4.78 is 1.01. The van der Waals surface area contributed by atoms with E-state index in [1.54, 1.807) is 24.3 Å². The van der Waals surface area contributed by atoms with Crippen LogP contribution in [0.5, 0.6) is 0 Å². The highest BCUT2D eigenvalue weighted by Crippen LogP contribution is 2.37. The average Bonchev–Trinajstić information content (AvgIpc) is 3.24. The minimum absolute atomic E-state index is 0.187. The van der Waals surface area contributed by atoms with Crippen LogP contribution in [0, 0.1) is 6.92 Å². The molecule has 176 valence electrons. The van der Waals surface area contributed by atoms with E-state index in [9.17, 15) is 14.4 Å². The van der Waals surface area contributed by atoms with Crippen molar-refractivity contribution >= 4 is 61.9 Å². The maximum atomic E-state index is 13.3. The molecule has 1 heterocycles. The van der Waals surface area contributed by atoms with Gasteiger partial charge in [0.15, 0.2) is 5.13 Å². The van der Waals surface area contributed by atoms with E-state index in [0.717, 1.165) is 38.4 Å². The van der Waals surface area contributed by atoms with Gasteiger partial charge in [-0.25, -0.2) is 9.78 Å². The Morgan fingerprint density at radius 2 is 1.71 bits per heavy atom. The van der Waals surface area contributed by atoms with Crippen molar-refractivity contribution in [3.8, 4) is 0 Å². The van der Waals surface area contributed by atoms with Crippen LogP contribution in [-0.2, 0) is 14.4 Å². The van der Waals surface area contributed by atoms with Crippen molar-refractivity contribution in [3.63, 3.8) is 0 Å². The van der Waals surface area contributed by atoms with Gasteiger partial charge < -0.3 is 15.7 Å². The number of hydrogen-bond acceptors (Lipinski definition) is 6. The molecule has 0 saturated heterocycles. The smallest absolute Gasteiger partial charge is 0.328 e. The highest BCUT2D eigenvalue weighted by Gasteiger charge is 2.23. The molecule has 1 unspecified atom stereocenters. The molecule has 3 N–H and O–H groups in total. The minimum Gasteiger partial charge on any atom is -0.478 e. The second kappa shape index (κ2) is 11.0. The molecule has 0 fully saturated rings. The van der Waals surface area contributed by atoms with Crippen LogP contribution in [0.1, 0.15) is 16.4 Å². The molecule has 1 aromatic heterocycles. The van der Waals surface area contributed by atoms with Gasteiger partial charge >= 0.3 is 5.97 Å². The summed E-state index contributed by atoms with van der Waals surface area (Å²) in [6, 6.07) is 22.5. The third-order valence-electron chi connectivity index (χ3n) is 4.87. The molecule has 0 spiro atoms. The first-order valence-electron chi connectivity index (χ1n) is 10.6. The molecule has 0 aliphatic carbocycles. The summed E-state index contributed by atoms with van der Waals surface area (Å²) in [7, 11) is 0. The van der Waals surface area contributed by atoms with E-state index in [-0.39, 0.29) is 5.91 Å². The summed E-state index contributed by atoms with van der Waals surface area (Å²) in [5.41, 5.74) is 3.34. The van der Waals surface area contributed by atoms with Crippen LogP contribution in [0.25, 0.3) is 10.2 Å². The van der Waals surface area contributed by atoms with Crippen LogP contribution in [-0.4, -0.2) is 27.9 Å². The number of aliphatic carboxylic acids is 1. The van der Waals surface area contributed by atoms with Crippen molar-refractivity contribution in [2.45, 2.75) is 17.1 Å². The molecule has 7 nitrogen and oxygen atoms in total. The number of nitrogens with zero attached hydrogens (tertiary/aromatic N) is 1. The van der Waals surface area contributed by atoms with Crippen molar-refractivity contribution in [2.75, 3.05) is 10.6 Å². The number of carboxylic acid groups (broad SMARTS) is 1. The van der Waals surface area contributed by atoms with Crippen molar-refractivity contribution < 1.29 is 19.5 Å². The molecule has 0 aliphatic rings. The van der Waals surface area contributed by atoms with Gasteiger partial charge in [-0.2, -0.15) is 0 Å². The van der Waals surface area contributed by atoms with Gasteiger partial charge in [0.05, 0.1) is 10.2 Å². The topological polar surface area (TPSA) is 108 Å². The Labute approximate surface area is 209 Å². The molecular formula is C26H21N3O4S2. The van der Waals surface area contributed by atoms with Gasteiger partial charge in [-0.15, -0.1) is 11.8 Å². The Balaban J connectivity index is 1.50. The first kappa shape index (κ1) is 24.2. The summed E-state index contributed by atoms with van der Waals surface area (Å²) in [4.78, 5) is 41.0. The molecule has 0 saturated carbocycles. The number of carbonyl (C=O) groups is 3. The Bertz CT molecular complexity index is 1400. The second-order valence-electron chi connectivity index (χ2n) is 7.57. The van der Waals surface area contributed by atoms with Crippen LogP contribution in [0.3, 0.4) is 0 Å². The Hall–Kier alpha value is -3.95. The van der Waals surface area contributed by atoms with Gasteiger partial charge in [-0.1, -0.05) is 47.7 Å². The van der Waals surface area contributed by atoms with E-state index < -0.39 is 17.1 Å². The van der Waals surface area contributed by atoms with Gasteiger partial charge in [0, 0.05) is 22.7 Å². The lowest BCUT2D eigenvalue weighted by molar-refractivity contribution is -0.131. The SMILES string of the molecule is Cc1ccc2nc(NC(=O)C(Sc3ccc(NC(=O)/C=C/C(=O)O)cc3)c3ccccc3)sc2c1. The molecule has 0 radical (unpaired) electrons. The zero-order valence-corrected chi connectivity index (χ0v) is 20.2. The van der Waals surface area contributed by atoms with Crippen molar-refractivity contribution in [1.29, 1.82) is 0 Å². The molecule has 2 amide bonds. The van der Waals surface area contributed by atoms with Crippen molar-refractivity contribution in [1.82, 2.24) is 4.98 Å². The third-order valence-corrected chi connectivity index (χ3v) is 7.07. The van der Waals surface area contributed by atoms with Crippen LogP contribution in [0.15, 0.2) is 89.8 Å². The molecular weight excluding hydrogens is 482 g/mol. The second-order valence-corrected chi connectivity index (χ2v) is 9.78. The molecule has 3 aromatic carbocycles. The molecule has 9 heteroatoms. The number of hydrogen-bond donors (Lipinski definition) is 3. The van der Waals surface area contributed by atoms with Gasteiger partial charge in [0.1, 0.15) is 5.25 Å². The number of anilines is 2. The number of carboxylic acids is 1. The minimum atomic E-state index is -1.20. The van der Waals surface area contributed by atoms with Crippen LogP contribution < -0.4 is 10.6 Å². The molecule has 0 aliphatic heterocycles. The lowest BCUT2D eigenvalue weighted by Crippen LogP contribution is -2.18. The molecule has 1 atom stereocenters. The molecule has 4 rings (SSSR count). The number of amides is 2. The number of benzene rings is 3. The van der Waals surface area contributed by atoms with Crippen molar-refractivity contribution in [3.05, 3.63) is 96.1 Å². The van der Waals surface area contributed by atoms with Gasteiger partial charge in [0.25, 0.3) is 0 Å². The molecule has 35 heavy (non-hydrogen) atoms. The predicted molar refractivity (Wildman–Crippen MR) is 140 cm³/mol. The molecule has 4 aromatic rings. The quantitative estimate of drug-likeness (QED) is 0.212. The standard InChI is InChI=1S/C26H21N3O4S2/c1-16-7-12-20-21(15-16)35-26(28-20)29-25(33)24(17-5-3-2-4-6-17)34-19-10-8-18(9-11-19)27-22(30)13-14-23(31)32/h2-15,24H,1H3,(H,27,30)(H,31,32)(H,28,29,33)/b14-13+. The Morgan fingerprint density at radius 3 is 2.43 bits per heavy atom. The fourth-order valence-corrected chi connectivity index (χ4v) is 5.23. The van der Waals surface area contributed by atoms with E-state index in [0.29, 0.717) is 10.8 Å². The summed E-state index contributed by atoms with van der Waals surface area (Å²) in [5, 5.41) is 14.2. The van der Waals surface area contributed by atoms with E-state index in [1.807, 2.05) is 55.5 Å². The largest absolute Gasteiger partial charge is 0.478 e. The number of thioether (sulfide) groups is 1. The maximum absolute atomic E-state index is 13.3. The monoisotopic (exact) mass is 503 g/mol. The average molecular weight is 504 g/mol. The van der Waals surface area contributed by atoms with Crippen molar-refractivity contribution in [2.24, 2.45) is 0 Å². The Kier molecular flexibility index (Phi) is 7.59. The number of thiazole rings is 1. The zero-order chi connectivity index (χ0) is 24.8. The van der Waals surface area contributed by atoms with Crippen LogP contribution >= 0.6 is 23.1 Å². The lowest BCUT2D eigenvalue weighted by Gasteiger charge is -2.16. The number of fused-ring (bicyclic) bond motifs is 1. The van der Waals surface area contributed by atoms with Crippen LogP contribution in [0.2, 0.25) is 0 Å². The zero-order valence-electron chi connectivity index (χ0n) is 18.6. The van der Waals surface area contributed by atoms with E-state index in [4.69, 9.17) is 5.11 Å². The first-order chi connectivity index (χ1) is 16.9. The molecule has 0 bridgehead atoms. The number of aryl methyl sites for hydroxylation is 1. The Morgan fingerprint density at radius 1 is 0.971 bits per heavy atom. The maximum Gasteiger partial charge on any atom is 0.328 e. The fourth-order valence-electron chi connectivity index (χ4n) is 3.24. The summed E-state index contributed by atoms with van der Waals surface area (Å²) in [6.45, 7) is 2.02. The van der Waals surface area contributed by atoms with Gasteiger partial charge in [-0.05, 0) is 54.4 Å². The predicted octanol–water partition coefficient (Wildman–Crippen LogP) is 5.66. The third kappa shape index (κ3) is 6.56. The fraction of sp³-hybridized carbons (Fsp3) is 0.0769. The summed E-state index contributed by atoms with van der Waals surface area (Å²) >= 11 is 2.82. The highest BCUT2D eigenvalue weighted by atomic mass is 32.2. The first-order valence-corrected chi connectivity index (χ1v) is 12.3. The number of nitrogens with one attached hydrogen (secondary N) is 2. The lowest BCUT2D eigenvalue weighted by atomic mass is 10.1. The van der Waals surface area contributed by atoms with Gasteiger partial charge in [0.2, 0.25) is 11.8 Å². The van der Waals surface area contributed by atoms with E-state index in [2.05, 4.69) is 15.6 Å². The summed E-state index contributed by atoms with van der Waals surface area (Å²) in [6.07, 6.45) is 1.72. The van der Waals surface area contributed by atoms with Gasteiger partial charge in [-0.3, -0.25) is 9.59 Å². The van der Waals surface area contributed by atoms with Crippen LogP contribution in [0.4, 0.5) is 10.8 Å². The normalized spacial score (nSPS) is 11.9. The number of carbonyl (C=O) groups excluding carboxylic acids is 2. The number of rotatable bonds is 8. The summed E-state index contributed by atoms with van der Waals surface area (Å²) in [5.74, 6) is -1.92. The van der Waals surface area contributed by atoms with E-state index >= 15 is 0 Å². The number of aromatic nitrogens is 1. The van der Waals surface area contributed by atoms with E-state index in [1.165, 1.54) is 23.1 Å². The highest BCUT2D eigenvalue weighted by molar-refractivity contribution is 8.00.